The Balaban J connectivity index is 2.29. The minimum absolute atomic E-state index is 0.0166. The van der Waals surface area contributed by atoms with Crippen LogP contribution < -0.4 is 11.3 Å². The second-order valence-corrected chi connectivity index (χ2v) is 4.15. The Morgan fingerprint density at radius 2 is 2.27 bits per heavy atom. The van der Waals surface area contributed by atoms with Gasteiger partial charge in [-0.3, -0.25) is 20.9 Å². The average Bonchev–Trinajstić information content (AvgIpc) is 3.03. The lowest BCUT2D eigenvalue weighted by atomic mass is 10.2. The fourth-order valence-electron chi connectivity index (χ4n) is 1.86. The molecule has 8 heteroatoms. The minimum Gasteiger partial charge on any atom is -0.311 e. The van der Waals surface area contributed by atoms with Crippen LogP contribution >= 0.6 is 0 Å². The molecule has 0 radical (unpaired) electrons. The number of hydrazine groups is 1. The predicted octanol–water partition coefficient (Wildman–Crippen LogP) is 1.87. The molecule has 2 aromatic rings. The number of allylic oxidation sites excluding steroid dienone is 1. The topological polar surface area (TPSA) is 122 Å². The molecule has 1 aromatic carbocycles. The second kappa shape index (κ2) is 6.95. The van der Waals surface area contributed by atoms with Gasteiger partial charge in [0.2, 0.25) is 5.96 Å². The van der Waals surface area contributed by atoms with E-state index < -0.39 is 4.92 Å². The number of nitro benzene ring substituents is 1. The molecule has 1 aromatic heterocycles. The van der Waals surface area contributed by atoms with Crippen LogP contribution in [0, 0.1) is 15.5 Å². The lowest BCUT2D eigenvalue weighted by Gasteiger charge is -2.06. The van der Waals surface area contributed by atoms with Gasteiger partial charge in [0.25, 0.3) is 5.69 Å². The molecular formula is C14H14N6O2. The third kappa shape index (κ3) is 3.44. The molecule has 0 fully saturated rings. The van der Waals surface area contributed by atoms with Gasteiger partial charge in [0.05, 0.1) is 4.92 Å². The lowest BCUT2D eigenvalue weighted by Crippen LogP contribution is -2.27. The first-order valence-corrected chi connectivity index (χ1v) is 6.28. The number of nitrogens with zero attached hydrogens (tertiary/aromatic N) is 3. The summed E-state index contributed by atoms with van der Waals surface area (Å²) in [5.74, 6) is 5.06. The molecule has 0 bridgehead atoms. The van der Waals surface area contributed by atoms with E-state index in [4.69, 9.17) is 7.25 Å². The van der Waals surface area contributed by atoms with Crippen LogP contribution in [-0.2, 0) is 0 Å². The molecule has 0 aliphatic heterocycles. The molecule has 0 amide bonds. The lowest BCUT2D eigenvalue weighted by molar-refractivity contribution is -0.384. The van der Waals surface area contributed by atoms with Gasteiger partial charge in [-0.1, -0.05) is 12.1 Å². The molecule has 8 nitrogen and oxygen atoms in total. The van der Waals surface area contributed by atoms with Crippen molar-refractivity contribution in [1.29, 1.82) is 5.40 Å². The van der Waals surface area contributed by atoms with E-state index in [-0.39, 0.29) is 11.6 Å². The van der Waals surface area contributed by atoms with Gasteiger partial charge in [-0.05, 0) is 30.4 Å². The fraction of sp³-hybridized carbons (Fsp3) is 0. The number of para-hydroxylation sites is 2. The van der Waals surface area contributed by atoms with Crippen molar-refractivity contribution >= 4 is 23.9 Å². The van der Waals surface area contributed by atoms with Crippen LogP contribution in [0.1, 0.15) is 5.69 Å². The summed E-state index contributed by atoms with van der Waals surface area (Å²) in [5.41, 5.74) is 3.37. The Kier molecular flexibility index (Phi) is 4.33. The number of aromatic nitrogens is 1. The van der Waals surface area contributed by atoms with Crippen molar-refractivity contribution in [2.75, 3.05) is 0 Å². The first kappa shape index (κ1) is 13.7. The highest BCUT2D eigenvalue weighted by Gasteiger charge is 2.14. The van der Waals surface area contributed by atoms with Crippen LogP contribution in [0.3, 0.4) is 0 Å². The van der Waals surface area contributed by atoms with Crippen molar-refractivity contribution in [2.45, 2.75) is 0 Å². The fourth-order valence-corrected chi connectivity index (χ4v) is 1.86. The number of rotatable bonds is 4. The normalized spacial score (nSPS) is 12.8. The van der Waals surface area contributed by atoms with Crippen LogP contribution in [0.2, 0.25) is 1.41 Å². The number of nitrogens with one attached hydrogen (secondary N) is 2. The van der Waals surface area contributed by atoms with Crippen molar-refractivity contribution in [3.8, 4) is 5.69 Å². The Labute approximate surface area is 127 Å². The molecular weight excluding hydrogens is 284 g/mol. The summed E-state index contributed by atoms with van der Waals surface area (Å²) in [4.78, 5) is 14.5. The van der Waals surface area contributed by atoms with Crippen molar-refractivity contribution in [1.82, 2.24) is 9.99 Å². The van der Waals surface area contributed by atoms with E-state index in [0.717, 1.165) is 5.69 Å². The van der Waals surface area contributed by atoms with Gasteiger partial charge in [-0.2, -0.15) is 0 Å². The van der Waals surface area contributed by atoms with Crippen LogP contribution in [0.4, 0.5) is 5.69 Å². The van der Waals surface area contributed by atoms with E-state index in [1.54, 1.807) is 47.2 Å². The zero-order valence-corrected chi connectivity index (χ0v) is 11.5. The molecule has 0 aliphatic carbocycles. The Hall–Kier alpha value is -3.26. The van der Waals surface area contributed by atoms with Crippen LogP contribution in [-0.4, -0.2) is 21.7 Å². The summed E-state index contributed by atoms with van der Waals surface area (Å²) in [6.45, 7) is 0. The quantitative estimate of drug-likeness (QED) is 0.262. The van der Waals surface area contributed by atoms with Gasteiger partial charge < -0.3 is 4.57 Å². The van der Waals surface area contributed by atoms with Gasteiger partial charge in [0.15, 0.2) is 1.41 Å². The smallest absolute Gasteiger partial charge is 0.293 e. The molecule has 1 heterocycles. The van der Waals surface area contributed by atoms with Crippen molar-refractivity contribution in [2.24, 2.45) is 10.8 Å². The van der Waals surface area contributed by atoms with Crippen LogP contribution in [0.25, 0.3) is 11.8 Å². The minimum atomic E-state index is -0.422. The van der Waals surface area contributed by atoms with E-state index in [0.29, 0.717) is 5.69 Å². The van der Waals surface area contributed by atoms with Crippen LogP contribution in [0.5, 0.6) is 0 Å². The van der Waals surface area contributed by atoms with Gasteiger partial charge >= 0.3 is 0 Å². The highest BCUT2D eigenvalue weighted by atomic mass is 16.6. The van der Waals surface area contributed by atoms with Gasteiger partial charge in [0.1, 0.15) is 5.69 Å². The number of hydrogen-bond acceptors (Lipinski definition) is 4. The summed E-state index contributed by atoms with van der Waals surface area (Å²) in [6.07, 6.45) is 6.47. The molecule has 112 valence electrons. The molecule has 0 saturated carbocycles. The first-order chi connectivity index (χ1) is 11.2. The maximum absolute atomic E-state index is 11.1. The number of nitrogens with two attached hydrogens (primary N) is 1. The Morgan fingerprint density at radius 1 is 1.45 bits per heavy atom. The summed E-state index contributed by atoms with van der Waals surface area (Å²) in [6, 6.07) is 10.1. The third-order valence-corrected chi connectivity index (χ3v) is 2.80. The van der Waals surface area contributed by atoms with Gasteiger partial charge in [-0.15, -0.1) is 0 Å². The summed E-state index contributed by atoms with van der Waals surface area (Å²) in [7, 11) is 0. The van der Waals surface area contributed by atoms with Crippen molar-refractivity contribution in [3.05, 3.63) is 64.5 Å². The number of nitro groups is 1. The predicted molar refractivity (Wildman–Crippen MR) is 85.0 cm³/mol. The Morgan fingerprint density at radius 3 is 3.00 bits per heavy atom. The summed E-state index contributed by atoms with van der Waals surface area (Å²) < 4.78 is 8.48. The Bertz CT molecular complexity index is 781. The maximum atomic E-state index is 11.1. The number of benzene rings is 1. The van der Waals surface area contributed by atoms with Gasteiger partial charge in [-0.25, -0.2) is 10.8 Å². The molecule has 0 atom stereocenters. The molecule has 0 unspecified atom stereocenters. The molecule has 4 N–H and O–H groups in total. The highest BCUT2D eigenvalue weighted by Crippen LogP contribution is 2.24. The molecule has 22 heavy (non-hydrogen) atoms. The van der Waals surface area contributed by atoms with E-state index in [1.165, 1.54) is 12.3 Å². The number of guanidine groups is 1. The molecule has 0 saturated heterocycles. The number of hydrogen-bond donors (Lipinski definition) is 3. The highest BCUT2D eigenvalue weighted by molar-refractivity contribution is 5.90. The molecule has 0 spiro atoms. The van der Waals surface area contributed by atoms with E-state index >= 15 is 0 Å². The number of aliphatic imine (C=N–C) groups is 1. The summed E-state index contributed by atoms with van der Waals surface area (Å²) in [5, 5.41) is 14.2. The third-order valence-electron chi connectivity index (χ3n) is 2.80. The van der Waals surface area contributed by atoms with E-state index in [9.17, 15) is 10.1 Å². The van der Waals surface area contributed by atoms with Gasteiger partial charge in [0, 0.05) is 24.2 Å². The zero-order valence-electron chi connectivity index (χ0n) is 12.5. The SMILES string of the molecule is [H]/N=C(\N=C\C=Cc1cccn1-c1ccccc1[N+](=O)[O-])NN. The summed E-state index contributed by atoms with van der Waals surface area (Å²) >= 11 is 0. The van der Waals surface area contributed by atoms with Crippen LogP contribution in [0.15, 0.2) is 53.7 Å². The van der Waals surface area contributed by atoms with E-state index in [2.05, 4.69) is 15.8 Å². The van der Waals surface area contributed by atoms with Crippen molar-refractivity contribution in [3.63, 3.8) is 0 Å². The first-order valence-electron chi connectivity index (χ1n) is 6.72. The molecule has 2 rings (SSSR count). The monoisotopic (exact) mass is 298 g/mol. The van der Waals surface area contributed by atoms with Crippen molar-refractivity contribution < 1.29 is 6.34 Å². The maximum Gasteiger partial charge on any atom is 0.293 e. The second-order valence-electron chi connectivity index (χ2n) is 4.15. The largest absolute Gasteiger partial charge is 0.311 e. The average molecular weight is 298 g/mol. The zero-order chi connectivity index (χ0) is 16.7. The standard InChI is InChI=1S/C14H14N6O2/c15-14(18-16)17-9-3-5-11-6-4-10-19(11)12-7-1-2-8-13(12)20(21)22/h1-10H,16H2,(H2,15,18)/b5-3?,17-9+. The molecule has 0 aliphatic rings. The van der Waals surface area contributed by atoms with E-state index in [1.807, 2.05) is 6.07 Å².